The quantitative estimate of drug-likeness (QED) is 0.464. The Labute approximate surface area is 111 Å². The molecule has 0 amide bonds. The van der Waals surface area contributed by atoms with Crippen LogP contribution in [0.3, 0.4) is 0 Å². The molecule has 0 N–H and O–H groups in total. The summed E-state index contributed by atoms with van der Waals surface area (Å²) in [6.45, 7) is 3.49. The van der Waals surface area contributed by atoms with Crippen LogP contribution in [0.2, 0.25) is 0 Å². The summed E-state index contributed by atoms with van der Waals surface area (Å²) in [7, 11) is 0. The van der Waals surface area contributed by atoms with Gasteiger partial charge < -0.3 is 4.84 Å². The van der Waals surface area contributed by atoms with Crippen molar-refractivity contribution >= 4 is 17.5 Å². The van der Waals surface area contributed by atoms with Gasteiger partial charge in [-0.15, -0.1) is 0 Å². The van der Waals surface area contributed by atoms with Crippen LogP contribution in [0.5, 0.6) is 0 Å². The molecule has 1 aromatic carbocycles. The van der Waals surface area contributed by atoms with Crippen LogP contribution in [0.4, 0.5) is 0 Å². The molecule has 4 nitrogen and oxygen atoms in total. The van der Waals surface area contributed by atoms with Gasteiger partial charge in [0.2, 0.25) is 0 Å². The predicted octanol–water partition coefficient (Wildman–Crippen LogP) is 2.67. The second kappa shape index (κ2) is 5.44. The van der Waals surface area contributed by atoms with Crippen molar-refractivity contribution in [2.45, 2.75) is 13.8 Å². The third-order valence-corrected chi connectivity index (χ3v) is 2.95. The number of allylic oxidation sites excluding steroid dienone is 4. The van der Waals surface area contributed by atoms with E-state index in [9.17, 15) is 9.59 Å². The maximum atomic E-state index is 11.7. The van der Waals surface area contributed by atoms with Gasteiger partial charge in [-0.25, -0.2) is 4.79 Å². The summed E-state index contributed by atoms with van der Waals surface area (Å²) in [6, 6.07) is 8.61. The molecule has 0 aliphatic heterocycles. The molecule has 1 aromatic rings. The highest BCUT2D eigenvalue weighted by Gasteiger charge is 2.15. The highest BCUT2D eigenvalue weighted by molar-refractivity contribution is 6.21. The summed E-state index contributed by atoms with van der Waals surface area (Å²) in [5.41, 5.74) is 2.24. The van der Waals surface area contributed by atoms with E-state index >= 15 is 0 Å². The van der Waals surface area contributed by atoms with E-state index < -0.39 is 5.97 Å². The Morgan fingerprint density at radius 2 is 1.74 bits per heavy atom. The Hall–Kier alpha value is -2.49. The number of benzene rings is 1. The van der Waals surface area contributed by atoms with E-state index in [-0.39, 0.29) is 5.78 Å². The van der Waals surface area contributed by atoms with Crippen LogP contribution in [-0.4, -0.2) is 17.5 Å². The number of ketones is 1. The normalized spacial score (nSPS) is 16.9. The number of nitrogens with zero attached hydrogens (tertiary/aromatic N) is 1. The molecule has 0 heterocycles. The molecular formula is C15H13NO3. The first-order valence-corrected chi connectivity index (χ1v) is 5.84. The molecule has 0 fully saturated rings. The summed E-state index contributed by atoms with van der Waals surface area (Å²) in [5, 5.41) is 3.80. The van der Waals surface area contributed by atoms with Gasteiger partial charge in [0.1, 0.15) is 5.71 Å². The van der Waals surface area contributed by atoms with Crippen LogP contribution in [0.15, 0.2) is 58.8 Å². The fourth-order valence-corrected chi connectivity index (χ4v) is 1.60. The average Bonchev–Trinajstić information content (AvgIpc) is 2.45. The third kappa shape index (κ3) is 2.85. The number of carbonyl (C=O) groups excluding carboxylic acids is 2. The second-order valence-corrected chi connectivity index (χ2v) is 4.17. The molecule has 0 saturated heterocycles. The third-order valence-electron chi connectivity index (χ3n) is 2.95. The Balaban J connectivity index is 2.14. The number of rotatable bonds is 2. The van der Waals surface area contributed by atoms with Crippen molar-refractivity contribution in [3.63, 3.8) is 0 Å². The minimum Gasteiger partial charge on any atom is -0.312 e. The van der Waals surface area contributed by atoms with Gasteiger partial charge in [-0.3, -0.25) is 4.79 Å². The van der Waals surface area contributed by atoms with E-state index in [1.54, 1.807) is 44.2 Å². The Morgan fingerprint density at radius 1 is 1.05 bits per heavy atom. The van der Waals surface area contributed by atoms with Gasteiger partial charge >= 0.3 is 5.97 Å². The molecule has 0 unspecified atom stereocenters. The molecule has 96 valence electrons. The summed E-state index contributed by atoms with van der Waals surface area (Å²) in [4.78, 5) is 28.0. The largest absolute Gasteiger partial charge is 0.365 e. The Morgan fingerprint density at radius 3 is 2.42 bits per heavy atom. The van der Waals surface area contributed by atoms with Gasteiger partial charge in [0.05, 0.1) is 5.56 Å². The lowest BCUT2D eigenvalue weighted by Gasteiger charge is -2.09. The van der Waals surface area contributed by atoms with E-state index in [1.165, 1.54) is 6.08 Å². The van der Waals surface area contributed by atoms with Crippen LogP contribution < -0.4 is 0 Å². The van der Waals surface area contributed by atoms with Crippen molar-refractivity contribution in [3.8, 4) is 0 Å². The van der Waals surface area contributed by atoms with Gasteiger partial charge in [-0.2, -0.15) is 0 Å². The minimum absolute atomic E-state index is 0.0502. The van der Waals surface area contributed by atoms with Crippen molar-refractivity contribution in [3.05, 3.63) is 59.2 Å². The van der Waals surface area contributed by atoms with Gasteiger partial charge in [0.15, 0.2) is 5.78 Å². The van der Waals surface area contributed by atoms with Gasteiger partial charge in [-0.1, -0.05) is 23.4 Å². The Bertz CT molecular complexity index is 610. The van der Waals surface area contributed by atoms with E-state index in [0.29, 0.717) is 22.4 Å². The molecule has 1 aliphatic rings. The lowest BCUT2D eigenvalue weighted by Crippen LogP contribution is -2.12. The van der Waals surface area contributed by atoms with E-state index in [1.807, 2.05) is 6.07 Å². The zero-order valence-corrected chi connectivity index (χ0v) is 10.7. The van der Waals surface area contributed by atoms with Gasteiger partial charge in [-0.05, 0) is 43.7 Å². The van der Waals surface area contributed by atoms with Crippen molar-refractivity contribution in [1.82, 2.24) is 0 Å². The molecular weight excluding hydrogens is 242 g/mol. The summed E-state index contributed by atoms with van der Waals surface area (Å²) in [5.74, 6) is -0.574. The fourth-order valence-electron chi connectivity index (χ4n) is 1.60. The average molecular weight is 255 g/mol. The van der Waals surface area contributed by atoms with Gasteiger partial charge in [0, 0.05) is 5.57 Å². The van der Waals surface area contributed by atoms with Crippen LogP contribution in [0.1, 0.15) is 24.2 Å². The molecule has 0 spiro atoms. The molecule has 0 atom stereocenters. The number of carbonyl (C=O) groups is 2. The van der Waals surface area contributed by atoms with Crippen LogP contribution in [-0.2, 0) is 9.63 Å². The van der Waals surface area contributed by atoms with Gasteiger partial charge in [0.25, 0.3) is 0 Å². The molecule has 19 heavy (non-hydrogen) atoms. The van der Waals surface area contributed by atoms with E-state index in [4.69, 9.17) is 4.84 Å². The lowest BCUT2D eigenvalue weighted by atomic mass is 9.97. The topological polar surface area (TPSA) is 55.7 Å². The second-order valence-electron chi connectivity index (χ2n) is 4.17. The zero-order chi connectivity index (χ0) is 13.8. The molecule has 4 heteroatoms. The summed E-state index contributed by atoms with van der Waals surface area (Å²) >= 11 is 0. The molecule has 1 aliphatic carbocycles. The first-order valence-electron chi connectivity index (χ1n) is 5.84. The van der Waals surface area contributed by atoms with Crippen molar-refractivity contribution in [2.24, 2.45) is 5.16 Å². The first kappa shape index (κ1) is 13.0. The molecule has 0 bridgehead atoms. The molecule has 2 rings (SSSR count). The van der Waals surface area contributed by atoms with Crippen molar-refractivity contribution < 1.29 is 14.4 Å². The molecule has 0 saturated carbocycles. The fraction of sp³-hybridized carbons (Fsp3) is 0.133. The lowest BCUT2D eigenvalue weighted by molar-refractivity contribution is -0.111. The first-order chi connectivity index (χ1) is 9.09. The van der Waals surface area contributed by atoms with Crippen LogP contribution in [0.25, 0.3) is 0 Å². The molecule has 0 radical (unpaired) electrons. The van der Waals surface area contributed by atoms with Crippen molar-refractivity contribution in [1.29, 1.82) is 0 Å². The Kier molecular flexibility index (Phi) is 3.71. The van der Waals surface area contributed by atoms with E-state index in [2.05, 4.69) is 5.16 Å². The predicted molar refractivity (Wildman–Crippen MR) is 71.8 cm³/mol. The summed E-state index contributed by atoms with van der Waals surface area (Å²) in [6.07, 6.45) is 2.96. The van der Waals surface area contributed by atoms with Crippen LogP contribution >= 0.6 is 0 Å². The standard InChI is InChI=1S/C15H13NO3/c1-10-11(2)14(17)9-8-13(10)16-19-15(18)12-6-4-3-5-7-12/h3-9H,1-2H3. The maximum absolute atomic E-state index is 11.7. The maximum Gasteiger partial charge on any atom is 0.365 e. The highest BCUT2D eigenvalue weighted by Crippen LogP contribution is 2.14. The molecule has 0 aromatic heterocycles. The van der Waals surface area contributed by atoms with Crippen molar-refractivity contribution in [2.75, 3.05) is 0 Å². The number of hydrogen-bond donors (Lipinski definition) is 0. The SMILES string of the molecule is CC1=C(C)C(=NOC(=O)c2ccccc2)C=CC1=O. The monoisotopic (exact) mass is 255 g/mol. The van der Waals surface area contributed by atoms with Crippen LogP contribution in [0, 0.1) is 0 Å². The smallest absolute Gasteiger partial charge is 0.312 e. The minimum atomic E-state index is -0.524. The zero-order valence-electron chi connectivity index (χ0n) is 10.7. The summed E-state index contributed by atoms with van der Waals surface area (Å²) < 4.78 is 0. The van der Waals surface area contributed by atoms with E-state index in [0.717, 1.165) is 0 Å². The number of oxime groups is 1. The highest BCUT2D eigenvalue weighted by atomic mass is 16.7. The number of hydrogen-bond acceptors (Lipinski definition) is 4.